The number of rotatable bonds is 7. The van der Waals surface area contributed by atoms with Crippen LogP contribution in [-0.4, -0.2) is 67.9 Å². The Bertz CT molecular complexity index is 1540. The van der Waals surface area contributed by atoms with Gasteiger partial charge in [0.25, 0.3) is 0 Å². The van der Waals surface area contributed by atoms with Crippen LogP contribution in [0.4, 0.5) is 4.39 Å². The third-order valence-corrected chi connectivity index (χ3v) is 18.9. The van der Waals surface area contributed by atoms with E-state index in [1.807, 2.05) is 0 Å². The quantitative estimate of drug-likeness (QED) is 0.195. The molecule has 51 heavy (non-hydrogen) atoms. The van der Waals surface area contributed by atoms with Gasteiger partial charge >= 0.3 is 5.97 Å². The summed E-state index contributed by atoms with van der Waals surface area (Å²) >= 11 is 0. The Kier molecular flexibility index (Phi) is 9.17. The number of nitrogens with one attached hydrogen (secondary N) is 1. The minimum absolute atomic E-state index is 0.0189. The number of fused-ring (bicyclic) bond motifs is 7. The lowest BCUT2D eigenvalue weighted by molar-refractivity contribution is -0.221. The third kappa shape index (κ3) is 5.50. The molecule has 10 atom stereocenters. The first-order valence-corrected chi connectivity index (χ1v) is 21.8. The van der Waals surface area contributed by atoms with E-state index in [0.29, 0.717) is 49.0 Å². The van der Waals surface area contributed by atoms with Crippen molar-refractivity contribution in [3.05, 3.63) is 35.5 Å². The number of aliphatic carboxylic acids is 1. The number of amides is 1. The molecule has 0 aromatic rings. The average Bonchev–Trinajstić information content (AvgIpc) is 3.64. The molecular formula is C42H65FN2O5S. The molecule has 1 saturated heterocycles. The largest absolute Gasteiger partial charge is 0.481 e. The fraction of sp³-hybridized carbons (Fsp3) is 0.810. The number of nitrogens with zero attached hydrogens (tertiary/aromatic N) is 1. The van der Waals surface area contributed by atoms with E-state index in [2.05, 4.69) is 65.6 Å². The lowest BCUT2D eigenvalue weighted by Crippen LogP contribution is -2.68. The SMILES string of the molecule is C=C(C)[C@@H]1CC[C@]2(NCC(=O)N3CCS(O)(O)C3)CC[C@]3(C)[C@H](CC[C@@H]4[C@@]5(C)CC=C(C6=CC[C@](CF)(C(=O)O)CC6)C(C)(C)[C@@H]5CC[C@]43C)[C@@H]12. The van der Waals surface area contributed by atoms with Crippen LogP contribution in [0.5, 0.6) is 0 Å². The van der Waals surface area contributed by atoms with E-state index < -0.39 is 28.6 Å². The molecule has 4 saturated carbocycles. The lowest BCUT2D eigenvalue weighted by Gasteiger charge is -2.72. The molecule has 1 aliphatic heterocycles. The highest BCUT2D eigenvalue weighted by Gasteiger charge is 2.70. The zero-order valence-electron chi connectivity index (χ0n) is 32.2. The third-order valence-electron chi connectivity index (χ3n) is 17.3. The standard InChI is InChI=1S/C42H65FN2O5S/c1-27(2)29-12-19-42(44-24-34(46)45-22-23-51(49,50)26-45)21-20-39(6)31(35(29)42)8-9-33-38(5)15-13-30(37(3,4)32(38)14-16-40(33,39)7)28-10-17-41(25-43,18-11-28)36(47)48/h10,13,29,31-33,35,44,49-50H,1,8-9,11-12,14-26H2,2-7H3,(H,47,48)/t29-,31+,32-,33+,35+,38-,39+,40+,41-,42-/m0/s1. The Labute approximate surface area is 307 Å². The number of halogens is 1. The van der Waals surface area contributed by atoms with Gasteiger partial charge in [-0.15, -0.1) is 0 Å². The first-order chi connectivity index (χ1) is 23.8. The van der Waals surface area contributed by atoms with E-state index in [1.165, 1.54) is 42.4 Å². The Morgan fingerprint density at radius 1 is 0.961 bits per heavy atom. The van der Waals surface area contributed by atoms with Crippen LogP contribution in [0.15, 0.2) is 35.5 Å². The monoisotopic (exact) mass is 728 g/mol. The van der Waals surface area contributed by atoms with Gasteiger partial charge in [-0.2, -0.15) is 10.6 Å². The average molecular weight is 729 g/mol. The first-order valence-electron chi connectivity index (χ1n) is 19.9. The van der Waals surface area contributed by atoms with Crippen LogP contribution in [0.3, 0.4) is 0 Å². The minimum Gasteiger partial charge on any atom is -0.481 e. The van der Waals surface area contributed by atoms with Gasteiger partial charge in [0.15, 0.2) is 0 Å². The molecule has 0 aromatic heterocycles. The highest BCUT2D eigenvalue weighted by molar-refractivity contribution is 8.24. The normalized spacial score (nSPS) is 46.1. The summed E-state index contributed by atoms with van der Waals surface area (Å²) < 4.78 is 34.3. The maximum atomic E-state index is 14.0. The summed E-state index contributed by atoms with van der Waals surface area (Å²) in [5, 5.41) is 13.7. The molecule has 0 unspecified atom stereocenters. The number of hydrogen-bond acceptors (Lipinski definition) is 5. The summed E-state index contributed by atoms with van der Waals surface area (Å²) in [6, 6.07) is 0. The van der Waals surface area contributed by atoms with Crippen LogP contribution in [0, 0.1) is 56.7 Å². The molecule has 9 heteroatoms. The molecule has 0 radical (unpaired) electrons. The van der Waals surface area contributed by atoms with E-state index in [4.69, 9.17) is 0 Å². The minimum atomic E-state index is -2.68. The summed E-state index contributed by atoms with van der Waals surface area (Å²) in [7, 11) is -2.68. The number of alkyl halides is 1. The smallest absolute Gasteiger partial charge is 0.312 e. The second-order valence-electron chi connectivity index (χ2n) is 19.7. The predicted molar refractivity (Wildman–Crippen MR) is 203 cm³/mol. The van der Waals surface area contributed by atoms with Gasteiger partial charge in [-0.25, -0.2) is 4.39 Å². The maximum Gasteiger partial charge on any atom is 0.312 e. The predicted octanol–water partition coefficient (Wildman–Crippen LogP) is 9.22. The van der Waals surface area contributed by atoms with E-state index in [0.717, 1.165) is 32.1 Å². The van der Waals surface area contributed by atoms with Gasteiger partial charge < -0.3 is 15.3 Å². The van der Waals surface area contributed by atoms with Crippen molar-refractivity contribution < 1.29 is 28.2 Å². The van der Waals surface area contributed by atoms with Gasteiger partial charge in [0.1, 0.15) is 12.6 Å². The molecule has 1 amide bonds. The van der Waals surface area contributed by atoms with Crippen molar-refractivity contribution in [1.29, 1.82) is 0 Å². The van der Waals surface area contributed by atoms with E-state index in [1.54, 1.807) is 4.90 Å². The van der Waals surface area contributed by atoms with Crippen LogP contribution < -0.4 is 5.32 Å². The lowest BCUT2D eigenvalue weighted by atomic mass is 9.33. The number of hydrogen-bond donors (Lipinski definition) is 4. The van der Waals surface area contributed by atoms with Crippen LogP contribution in [0.2, 0.25) is 0 Å². The van der Waals surface area contributed by atoms with Gasteiger partial charge in [0.2, 0.25) is 5.91 Å². The molecule has 286 valence electrons. The van der Waals surface area contributed by atoms with Crippen LogP contribution in [0.1, 0.15) is 119 Å². The summed E-state index contributed by atoms with van der Waals surface area (Å²) in [4.78, 5) is 27.0. The summed E-state index contributed by atoms with van der Waals surface area (Å²) in [6.45, 7) is 19.3. The molecule has 7 aliphatic rings. The zero-order valence-corrected chi connectivity index (χ0v) is 33.0. The second-order valence-corrected chi connectivity index (χ2v) is 22.0. The molecule has 0 aromatic carbocycles. The number of carbonyl (C=O) groups excluding carboxylic acids is 1. The topological polar surface area (TPSA) is 110 Å². The van der Waals surface area contributed by atoms with E-state index >= 15 is 0 Å². The number of allylic oxidation sites excluding steroid dienone is 5. The molecule has 7 nitrogen and oxygen atoms in total. The highest BCUT2D eigenvalue weighted by atomic mass is 32.3. The van der Waals surface area contributed by atoms with Crippen molar-refractivity contribution in [3.63, 3.8) is 0 Å². The highest BCUT2D eigenvalue weighted by Crippen LogP contribution is 2.76. The molecule has 1 heterocycles. The molecular weight excluding hydrogens is 664 g/mol. The van der Waals surface area contributed by atoms with Crippen LogP contribution >= 0.6 is 10.6 Å². The van der Waals surface area contributed by atoms with Gasteiger partial charge in [-0.05, 0) is 146 Å². The molecule has 0 bridgehead atoms. The Morgan fingerprint density at radius 3 is 2.31 bits per heavy atom. The Hall–Kier alpha value is -1.68. The van der Waals surface area contributed by atoms with E-state index in [9.17, 15) is 28.2 Å². The van der Waals surface area contributed by atoms with Crippen molar-refractivity contribution in [2.75, 3.05) is 31.4 Å². The second kappa shape index (κ2) is 12.4. The fourth-order valence-electron chi connectivity index (χ4n) is 14.3. The maximum absolute atomic E-state index is 14.0. The Balaban J connectivity index is 1.15. The van der Waals surface area contributed by atoms with Crippen molar-refractivity contribution >= 4 is 22.5 Å². The fourth-order valence-corrected chi connectivity index (χ4v) is 15.7. The van der Waals surface area contributed by atoms with Gasteiger partial charge in [-0.1, -0.05) is 58.9 Å². The number of carbonyl (C=O) groups is 2. The van der Waals surface area contributed by atoms with Gasteiger partial charge in [0.05, 0.1) is 17.7 Å². The van der Waals surface area contributed by atoms with Crippen molar-refractivity contribution in [3.8, 4) is 0 Å². The zero-order chi connectivity index (χ0) is 37.0. The Morgan fingerprint density at radius 2 is 1.71 bits per heavy atom. The van der Waals surface area contributed by atoms with Crippen molar-refractivity contribution in [2.45, 2.75) is 124 Å². The van der Waals surface area contributed by atoms with E-state index in [-0.39, 0.29) is 57.7 Å². The molecule has 5 fully saturated rings. The summed E-state index contributed by atoms with van der Waals surface area (Å²) in [5.41, 5.74) is 2.98. The van der Waals surface area contributed by atoms with Crippen molar-refractivity contribution in [1.82, 2.24) is 10.2 Å². The number of carboxylic acid groups (broad SMARTS) is 1. The first kappa shape index (κ1) is 37.6. The summed E-state index contributed by atoms with van der Waals surface area (Å²) in [6.07, 6.45) is 16.0. The van der Waals surface area contributed by atoms with Gasteiger partial charge in [0, 0.05) is 12.1 Å². The molecule has 0 spiro atoms. The number of carboxylic acids is 1. The van der Waals surface area contributed by atoms with Crippen molar-refractivity contribution in [2.24, 2.45) is 56.7 Å². The van der Waals surface area contributed by atoms with Gasteiger partial charge in [-0.3, -0.25) is 18.7 Å². The van der Waals surface area contributed by atoms with Crippen LogP contribution in [0.25, 0.3) is 0 Å². The summed E-state index contributed by atoms with van der Waals surface area (Å²) in [5.74, 6) is 1.83. The van der Waals surface area contributed by atoms with Crippen LogP contribution in [-0.2, 0) is 9.59 Å². The molecule has 4 N–H and O–H groups in total. The molecule has 6 aliphatic carbocycles. The molecule has 7 rings (SSSR count).